The molecule has 0 aliphatic carbocycles. The third-order valence-corrected chi connectivity index (χ3v) is 4.22. The molecule has 0 spiro atoms. The molecule has 1 unspecified atom stereocenters. The van der Waals surface area contributed by atoms with Crippen LogP contribution in [-0.2, 0) is 7.05 Å². The van der Waals surface area contributed by atoms with Gasteiger partial charge in [0.25, 0.3) is 0 Å². The van der Waals surface area contributed by atoms with Gasteiger partial charge in [-0.1, -0.05) is 0 Å². The summed E-state index contributed by atoms with van der Waals surface area (Å²) >= 11 is 0. The Morgan fingerprint density at radius 2 is 2.35 bits per heavy atom. The highest BCUT2D eigenvalue weighted by atomic mass is 15.2. The van der Waals surface area contributed by atoms with Gasteiger partial charge in [0, 0.05) is 36.8 Å². The summed E-state index contributed by atoms with van der Waals surface area (Å²) in [5, 5.41) is 2.43. The van der Waals surface area contributed by atoms with Crippen LogP contribution in [0, 0.1) is 0 Å². The predicted octanol–water partition coefficient (Wildman–Crippen LogP) is 1.08. The summed E-state index contributed by atoms with van der Waals surface area (Å²) in [5.41, 5.74) is 9.41. The van der Waals surface area contributed by atoms with Crippen molar-refractivity contribution in [3.05, 3.63) is 30.7 Å². The van der Waals surface area contributed by atoms with Gasteiger partial charge >= 0.3 is 0 Å². The number of nitrogens with one attached hydrogen (secondary N) is 1. The van der Waals surface area contributed by atoms with Crippen LogP contribution in [0.15, 0.2) is 30.7 Å². The van der Waals surface area contributed by atoms with Gasteiger partial charge < -0.3 is 15.6 Å². The van der Waals surface area contributed by atoms with E-state index in [2.05, 4.69) is 44.8 Å². The molecule has 1 fully saturated rings. The number of aromatic amines is 1. The Bertz CT molecular complexity index is 791. The second kappa shape index (κ2) is 4.18. The molecule has 1 atom stereocenters. The average Bonchev–Trinajstić information content (AvgIpc) is 3.07. The van der Waals surface area contributed by atoms with Crippen molar-refractivity contribution in [2.45, 2.75) is 12.5 Å². The number of aromatic nitrogens is 3. The van der Waals surface area contributed by atoms with Gasteiger partial charge in [-0.25, -0.2) is 4.98 Å². The number of anilines is 1. The molecule has 0 aromatic carbocycles. The maximum Gasteiger partial charge on any atom is 0.233 e. The van der Waals surface area contributed by atoms with Crippen molar-refractivity contribution in [1.82, 2.24) is 9.97 Å². The number of hydrogen-bond acceptors (Lipinski definition) is 3. The van der Waals surface area contributed by atoms with Crippen molar-refractivity contribution < 1.29 is 4.57 Å². The summed E-state index contributed by atoms with van der Waals surface area (Å²) in [6.07, 6.45) is 7.04. The summed E-state index contributed by atoms with van der Waals surface area (Å²) in [4.78, 5) is 10.1. The first-order valence-electron chi connectivity index (χ1n) is 6.99. The van der Waals surface area contributed by atoms with Gasteiger partial charge in [0.05, 0.1) is 11.1 Å². The SMILES string of the molecule is C[n+]1ccc(N2CCC(N)C2)c2c3cc[nH]c3ncc21. The zero-order valence-corrected chi connectivity index (χ0v) is 11.5. The Morgan fingerprint density at radius 3 is 3.15 bits per heavy atom. The summed E-state index contributed by atoms with van der Waals surface area (Å²) in [6.45, 7) is 1.95. The van der Waals surface area contributed by atoms with E-state index >= 15 is 0 Å². The number of aryl methyl sites for hydroxylation is 1. The number of nitrogens with two attached hydrogens (primary N) is 1. The molecule has 5 nitrogen and oxygen atoms in total. The van der Waals surface area contributed by atoms with E-state index in [1.54, 1.807) is 0 Å². The molecular weight excluding hydrogens is 250 g/mol. The molecule has 0 bridgehead atoms. The van der Waals surface area contributed by atoms with Crippen LogP contribution in [0.4, 0.5) is 5.69 Å². The maximum atomic E-state index is 6.06. The Hall–Kier alpha value is -2.14. The molecule has 1 saturated heterocycles. The fourth-order valence-corrected chi connectivity index (χ4v) is 3.15. The molecule has 1 aliphatic heterocycles. The lowest BCUT2D eigenvalue weighted by molar-refractivity contribution is -0.644. The molecule has 5 heteroatoms. The van der Waals surface area contributed by atoms with Crippen molar-refractivity contribution in [2.75, 3.05) is 18.0 Å². The van der Waals surface area contributed by atoms with Gasteiger partial charge in [0.1, 0.15) is 18.9 Å². The van der Waals surface area contributed by atoms with Crippen LogP contribution in [0.1, 0.15) is 6.42 Å². The second-order valence-electron chi connectivity index (χ2n) is 5.57. The fraction of sp³-hybridized carbons (Fsp3) is 0.333. The Balaban J connectivity index is 2.04. The number of rotatable bonds is 1. The van der Waals surface area contributed by atoms with Crippen LogP contribution in [0.5, 0.6) is 0 Å². The standard InChI is InChI=1S/C15H17N5/c1-19-6-4-12(20-7-3-10(16)9-20)14-11-2-5-17-15(11)18-8-13(14)19/h2,4-6,8,10H,3,7,9,16H2,1H3/p+1. The van der Waals surface area contributed by atoms with Gasteiger partial charge in [0.2, 0.25) is 5.52 Å². The lowest BCUT2D eigenvalue weighted by Gasteiger charge is -2.19. The molecule has 0 amide bonds. The minimum Gasteiger partial charge on any atom is -0.369 e. The minimum atomic E-state index is 0.280. The Morgan fingerprint density at radius 1 is 1.45 bits per heavy atom. The number of hydrogen-bond donors (Lipinski definition) is 2. The number of pyridine rings is 2. The largest absolute Gasteiger partial charge is 0.369 e. The van der Waals surface area contributed by atoms with Gasteiger partial charge in [-0.15, -0.1) is 0 Å². The zero-order valence-electron chi connectivity index (χ0n) is 11.5. The highest BCUT2D eigenvalue weighted by Gasteiger charge is 2.24. The van der Waals surface area contributed by atoms with Crippen LogP contribution in [0.3, 0.4) is 0 Å². The van der Waals surface area contributed by atoms with Gasteiger partial charge in [0.15, 0.2) is 6.20 Å². The first kappa shape index (κ1) is 11.7. The van der Waals surface area contributed by atoms with E-state index in [4.69, 9.17) is 5.73 Å². The van der Waals surface area contributed by atoms with Crippen molar-refractivity contribution in [2.24, 2.45) is 12.8 Å². The van der Waals surface area contributed by atoms with E-state index in [-0.39, 0.29) is 6.04 Å². The lowest BCUT2D eigenvalue weighted by atomic mass is 10.1. The average molecular weight is 268 g/mol. The number of fused-ring (bicyclic) bond motifs is 3. The number of H-pyrrole nitrogens is 1. The quantitative estimate of drug-likeness (QED) is 0.649. The van der Waals surface area contributed by atoms with E-state index in [9.17, 15) is 0 Å². The molecular formula is C15H18N5+. The summed E-state index contributed by atoms with van der Waals surface area (Å²) < 4.78 is 2.12. The molecule has 3 N–H and O–H groups in total. The van der Waals surface area contributed by atoms with Crippen molar-refractivity contribution in [3.63, 3.8) is 0 Å². The highest BCUT2D eigenvalue weighted by Crippen LogP contribution is 2.31. The third-order valence-electron chi connectivity index (χ3n) is 4.22. The van der Waals surface area contributed by atoms with Crippen molar-refractivity contribution in [1.29, 1.82) is 0 Å². The smallest absolute Gasteiger partial charge is 0.233 e. The van der Waals surface area contributed by atoms with Crippen LogP contribution < -0.4 is 15.2 Å². The van der Waals surface area contributed by atoms with E-state index in [0.717, 1.165) is 30.7 Å². The molecule has 102 valence electrons. The van der Waals surface area contributed by atoms with Crippen LogP contribution in [0.2, 0.25) is 0 Å². The topological polar surface area (TPSA) is 61.8 Å². The first-order valence-corrected chi connectivity index (χ1v) is 6.99. The molecule has 20 heavy (non-hydrogen) atoms. The van der Waals surface area contributed by atoms with E-state index in [0.29, 0.717) is 0 Å². The predicted molar refractivity (Wildman–Crippen MR) is 79.6 cm³/mol. The second-order valence-corrected chi connectivity index (χ2v) is 5.57. The van der Waals surface area contributed by atoms with Gasteiger partial charge in [-0.2, -0.15) is 4.57 Å². The minimum absolute atomic E-state index is 0.280. The van der Waals surface area contributed by atoms with Gasteiger partial charge in [-0.3, -0.25) is 0 Å². The Labute approximate surface area is 117 Å². The third kappa shape index (κ3) is 1.59. The fourth-order valence-electron chi connectivity index (χ4n) is 3.15. The number of nitrogens with zero attached hydrogens (tertiary/aromatic N) is 3. The molecule has 3 aromatic rings. The molecule has 0 saturated carbocycles. The zero-order chi connectivity index (χ0) is 13.7. The van der Waals surface area contributed by atoms with Crippen molar-refractivity contribution >= 4 is 27.6 Å². The summed E-state index contributed by atoms with van der Waals surface area (Å²) in [5.74, 6) is 0. The molecule has 4 heterocycles. The van der Waals surface area contributed by atoms with E-state index in [1.807, 2.05) is 12.4 Å². The summed E-state index contributed by atoms with van der Waals surface area (Å²) in [7, 11) is 2.06. The monoisotopic (exact) mass is 268 g/mol. The summed E-state index contributed by atoms with van der Waals surface area (Å²) in [6, 6.07) is 4.57. The molecule has 1 aliphatic rings. The van der Waals surface area contributed by atoms with E-state index in [1.165, 1.54) is 16.5 Å². The lowest BCUT2D eigenvalue weighted by Crippen LogP contribution is -2.31. The normalized spacial score (nSPS) is 19.3. The van der Waals surface area contributed by atoms with Gasteiger partial charge in [-0.05, 0) is 12.5 Å². The van der Waals surface area contributed by atoms with Crippen molar-refractivity contribution in [3.8, 4) is 0 Å². The molecule has 0 radical (unpaired) electrons. The van der Waals surface area contributed by atoms with Crippen LogP contribution in [0.25, 0.3) is 21.9 Å². The molecule has 3 aromatic heterocycles. The van der Waals surface area contributed by atoms with Crippen LogP contribution >= 0.6 is 0 Å². The molecule has 4 rings (SSSR count). The highest BCUT2D eigenvalue weighted by molar-refractivity contribution is 6.08. The maximum absolute atomic E-state index is 6.06. The van der Waals surface area contributed by atoms with Crippen LogP contribution in [-0.4, -0.2) is 29.1 Å². The Kier molecular flexibility index (Phi) is 2.44. The first-order chi connectivity index (χ1) is 9.74. The van der Waals surface area contributed by atoms with E-state index < -0.39 is 0 Å².